The van der Waals surface area contributed by atoms with E-state index in [1.165, 1.54) is 15.9 Å². The highest BCUT2D eigenvalue weighted by Gasteiger charge is 2.24. The Bertz CT molecular complexity index is 1730. The molecule has 1 amide bonds. The molecule has 0 aliphatic heterocycles. The topological polar surface area (TPSA) is 122 Å². The maximum atomic E-state index is 13.5. The fraction of sp³-hybridized carbons (Fsp3) is 0.179. The number of carbonyl (C=O) groups excluding carboxylic acids is 3. The molecule has 2 aromatic carbocycles. The number of carboxylic acid groups (broad SMARTS) is 1. The number of nitrogens with one attached hydrogen (secondary N) is 1. The molecule has 0 radical (unpaired) electrons. The first-order valence-corrected chi connectivity index (χ1v) is 13.4. The van der Waals surface area contributed by atoms with Crippen molar-refractivity contribution in [1.29, 1.82) is 0 Å². The fourth-order valence-electron chi connectivity index (χ4n) is 4.75. The van der Waals surface area contributed by atoms with Gasteiger partial charge in [-0.25, -0.2) is 0 Å². The first kappa shape index (κ1) is 26.3. The minimum absolute atomic E-state index is 0.00665. The Morgan fingerprint density at radius 1 is 1.03 bits per heavy atom. The van der Waals surface area contributed by atoms with E-state index in [4.69, 9.17) is 11.6 Å². The van der Waals surface area contributed by atoms with E-state index >= 15 is 0 Å². The van der Waals surface area contributed by atoms with E-state index in [1.54, 1.807) is 59.3 Å². The highest BCUT2D eigenvalue weighted by molar-refractivity contribution is 7.13. The van der Waals surface area contributed by atoms with Crippen LogP contribution in [0.4, 0.5) is 0 Å². The molecule has 0 bridgehead atoms. The predicted octanol–water partition coefficient (Wildman–Crippen LogP) is 3.72. The van der Waals surface area contributed by atoms with Crippen molar-refractivity contribution >= 4 is 51.5 Å². The second kappa shape index (κ2) is 10.8. The van der Waals surface area contributed by atoms with Crippen LogP contribution in [0.5, 0.6) is 0 Å². The number of para-hydroxylation sites is 1. The van der Waals surface area contributed by atoms with Crippen LogP contribution in [0.15, 0.2) is 60.0 Å². The number of aromatic nitrogens is 4. The number of aryl methyl sites for hydroxylation is 2. The standard InChI is InChI=1S/C28H24ClN5O4S/c1-3-17-18-8-5-7-11-22(18)33(15-24(35)36)25(17)27(38)30-14-23-32-31-16(2)34(23)28-20(12-13-39-28)26(37)19-9-4-6-10-21(19)29/h4-13H,3,14-15H2,1-2H3,(H,30,38)(H,35,36)/p-1. The average Bonchev–Trinajstić information content (AvgIpc) is 3.62. The van der Waals surface area contributed by atoms with Gasteiger partial charge in [-0.05, 0) is 48.6 Å². The van der Waals surface area contributed by atoms with Crippen molar-refractivity contribution in [3.05, 3.63) is 99.0 Å². The van der Waals surface area contributed by atoms with Crippen LogP contribution in [-0.4, -0.2) is 37.0 Å². The van der Waals surface area contributed by atoms with E-state index in [0.29, 0.717) is 44.7 Å². The smallest absolute Gasteiger partial charge is 0.268 e. The molecule has 0 saturated heterocycles. The molecule has 3 aromatic heterocycles. The van der Waals surface area contributed by atoms with Gasteiger partial charge in [0.1, 0.15) is 16.5 Å². The lowest BCUT2D eigenvalue weighted by molar-refractivity contribution is -0.306. The molecule has 0 aliphatic rings. The summed E-state index contributed by atoms with van der Waals surface area (Å²) in [7, 11) is 0. The summed E-state index contributed by atoms with van der Waals surface area (Å²) < 4.78 is 3.20. The maximum Gasteiger partial charge on any atom is 0.268 e. The summed E-state index contributed by atoms with van der Waals surface area (Å²) in [6.45, 7) is 3.21. The van der Waals surface area contributed by atoms with Crippen LogP contribution in [0.25, 0.3) is 15.9 Å². The Labute approximate surface area is 232 Å². The third kappa shape index (κ3) is 4.84. The lowest BCUT2D eigenvalue weighted by atomic mass is 10.1. The molecular formula is C28H23ClN5O4S-. The minimum atomic E-state index is -1.30. The van der Waals surface area contributed by atoms with Crippen molar-refractivity contribution < 1.29 is 19.5 Å². The lowest BCUT2D eigenvalue weighted by Gasteiger charge is -2.14. The Morgan fingerprint density at radius 2 is 1.77 bits per heavy atom. The molecule has 0 fully saturated rings. The molecule has 39 heavy (non-hydrogen) atoms. The molecule has 9 nitrogen and oxygen atoms in total. The monoisotopic (exact) mass is 560 g/mol. The van der Waals surface area contributed by atoms with Crippen LogP contribution >= 0.6 is 22.9 Å². The quantitative estimate of drug-likeness (QED) is 0.274. The minimum Gasteiger partial charge on any atom is -0.548 e. The maximum absolute atomic E-state index is 13.5. The number of halogens is 1. The predicted molar refractivity (Wildman–Crippen MR) is 146 cm³/mol. The van der Waals surface area contributed by atoms with E-state index in [1.807, 2.05) is 19.1 Å². The van der Waals surface area contributed by atoms with Gasteiger partial charge >= 0.3 is 0 Å². The zero-order valence-electron chi connectivity index (χ0n) is 21.1. The Kier molecular flexibility index (Phi) is 7.32. The van der Waals surface area contributed by atoms with Gasteiger partial charge in [-0.3, -0.25) is 14.2 Å². The van der Waals surface area contributed by atoms with E-state index < -0.39 is 18.4 Å². The van der Waals surface area contributed by atoms with Crippen molar-refractivity contribution in [3.8, 4) is 5.00 Å². The number of aliphatic carboxylic acids is 1. The third-order valence-electron chi connectivity index (χ3n) is 6.44. The molecule has 0 aliphatic carbocycles. The van der Waals surface area contributed by atoms with Crippen LogP contribution in [0.1, 0.15) is 50.5 Å². The number of nitrogens with zero attached hydrogens (tertiary/aromatic N) is 4. The van der Waals surface area contributed by atoms with Gasteiger partial charge in [0.15, 0.2) is 11.6 Å². The summed E-state index contributed by atoms with van der Waals surface area (Å²) in [5, 5.41) is 26.4. The van der Waals surface area contributed by atoms with Gasteiger partial charge < -0.3 is 19.8 Å². The number of ketones is 1. The van der Waals surface area contributed by atoms with Crippen LogP contribution < -0.4 is 10.4 Å². The fourth-order valence-corrected chi connectivity index (χ4v) is 5.94. The van der Waals surface area contributed by atoms with Gasteiger partial charge in [-0.15, -0.1) is 21.5 Å². The van der Waals surface area contributed by atoms with Gasteiger partial charge in [0.05, 0.1) is 29.6 Å². The van der Waals surface area contributed by atoms with E-state index in [0.717, 1.165) is 10.9 Å². The van der Waals surface area contributed by atoms with Gasteiger partial charge in [0, 0.05) is 16.5 Å². The molecule has 0 saturated carbocycles. The molecule has 0 spiro atoms. The number of thiophene rings is 1. The molecule has 11 heteroatoms. The number of amides is 1. The van der Waals surface area contributed by atoms with Gasteiger partial charge in [0.2, 0.25) is 0 Å². The summed E-state index contributed by atoms with van der Waals surface area (Å²) in [6.07, 6.45) is 0.529. The molecule has 198 valence electrons. The average molecular weight is 561 g/mol. The molecule has 0 unspecified atom stereocenters. The first-order valence-electron chi connectivity index (χ1n) is 12.2. The SMILES string of the molecule is CCc1c(C(=O)NCc2nnc(C)n2-c2sccc2C(=O)c2ccccc2Cl)n(CC(=O)[O-])c2ccccc12. The van der Waals surface area contributed by atoms with Gasteiger partial charge in [0.25, 0.3) is 5.91 Å². The van der Waals surface area contributed by atoms with Gasteiger partial charge in [-0.2, -0.15) is 0 Å². The summed E-state index contributed by atoms with van der Waals surface area (Å²) in [5.74, 6) is -1.03. The van der Waals surface area contributed by atoms with E-state index in [-0.39, 0.29) is 18.0 Å². The Hall–Kier alpha value is -4.28. The zero-order valence-corrected chi connectivity index (χ0v) is 22.7. The van der Waals surface area contributed by atoms with Crippen molar-refractivity contribution in [2.45, 2.75) is 33.4 Å². The summed E-state index contributed by atoms with van der Waals surface area (Å²) in [4.78, 5) is 38.4. The number of benzene rings is 2. The Morgan fingerprint density at radius 3 is 2.51 bits per heavy atom. The van der Waals surface area contributed by atoms with E-state index in [9.17, 15) is 19.5 Å². The number of carboxylic acids is 1. The number of hydrogen-bond acceptors (Lipinski definition) is 7. The molecule has 0 atom stereocenters. The van der Waals surface area contributed by atoms with Crippen LogP contribution in [0.3, 0.4) is 0 Å². The van der Waals surface area contributed by atoms with Crippen LogP contribution in [-0.2, 0) is 24.3 Å². The third-order valence-corrected chi connectivity index (χ3v) is 7.67. The summed E-state index contributed by atoms with van der Waals surface area (Å²) in [6, 6.07) is 15.9. The molecule has 5 aromatic rings. The number of fused-ring (bicyclic) bond motifs is 1. The number of carbonyl (C=O) groups is 3. The lowest BCUT2D eigenvalue weighted by Crippen LogP contribution is -2.32. The second-order valence-corrected chi connectivity index (χ2v) is 10.1. The highest BCUT2D eigenvalue weighted by Crippen LogP contribution is 2.30. The first-order chi connectivity index (χ1) is 18.8. The number of hydrogen-bond donors (Lipinski definition) is 1. The van der Waals surface area contributed by atoms with Crippen molar-refractivity contribution in [2.75, 3.05) is 0 Å². The number of rotatable bonds is 9. The molecule has 1 N–H and O–H groups in total. The highest BCUT2D eigenvalue weighted by atomic mass is 35.5. The van der Waals surface area contributed by atoms with Gasteiger partial charge in [-0.1, -0.05) is 48.9 Å². The van der Waals surface area contributed by atoms with Crippen molar-refractivity contribution in [1.82, 2.24) is 24.6 Å². The molecule has 3 heterocycles. The second-order valence-electron chi connectivity index (χ2n) is 8.79. The normalized spacial score (nSPS) is 11.2. The van der Waals surface area contributed by atoms with Crippen molar-refractivity contribution in [2.24, 2.45) is 0 Å². The Balaban J connectivity index is 1.48. The van der Waals surface area contributed by atoms with Crippen LogP contribution in [0.2, 0.25) is 5.02 Å². The van der Waals surface area contributed by atoms with E-state index in [2.05, 4.69) is 15.5 Å². The van der Waals surface area contributed by atoms with Crippen LogP contribution in [0, 0.1) is 6.92 Å². The molecule has 5 rings (SSSR count). The molecular weight excluding hydrogens is 538 g/mol. The largest absolute Gasteiger partial charge is 0.548 e. The summed E-state index contributed by atoms with van der Waals surface area (Å²) in [5.41, 5.74) is 2.46. The zero-order chi connectivity index (χ0) is 27.7. The summed E-state index contributed by atoms with van der Waals surface area (Å²) >= 11 is 7.62. The van der Waals surface area contributed by atoms with Crippen molar-refractivity contribution in [3.63, 3.8) is 0 Å².